The topological polar surface area (TPSA) is 58.6 Å². The predicted molar refractivity (Wildman–Crippen MR) is 105 cm³/mol. The summed E-state index contributed by atoms with van der Waals surface area (Å²) in [6, 6.07) is 6.18. The van der Waals surface area contributed by atoms with Crippen LogP contribution in [-0.2, 0) is 15.0 Å². The third-order valence-electron chi connectivity index (χ3n) is 4.94. The SMILES string of the molecule is CC(C)[C@@H](C)NC(=O)CCCN1C(=O)COc2ccc(C(C)(C)C)cc21. The molecule has 26 heavy (non-hydrogen) atoms. The molecule has 1 aromatic carbocycles. The molecule has 0 spiro atoms. The number of nitrogens with one attached hydrogen (secondary N) is 1. The smallest absolute Gasteiger partial charge is 0.265 e. The quantitative estimate of drug-likeness (QED) is 0.842. The number of amides is 2. The van der Waals surface area contributed by atoms with Crippen LogP contribution < -0.4 is 15.0 Å². The highest BCUT2D eigenvalue weighted by Crippen LogP contribution is 2.36. The van der Waals surface area contributed by atoms with Crippen LogP contribution in [0.2, 0.25) is 0 Å². The second kappa shape index (κ2) is 8.11. The molecule has 5 nitrogen and oxygen atoms in total. The van der Waals surface area contributed by atoms with E-state index >= 15 is 0 Å². The van der Waals surface area contributed by atoms with E-state index in [9.17, 15) is 9.59 Å². The number of anilines is 1. The number of benzene rings is 1. The Morgan fingerprint density at radius 3 is 2.58 bits per heavy atom. The summed E-state index contributed by atoms with van der Waals surface area (Å²) in [6.45, 7) is 13.2. The van der Waals surface area contributed by atoms with Crippen molar-refractivity contribution in [2.75, 3.05) is 18.1 Å². The molecule has 1 atom stereocenters. The van der Waals surface area contributed by atoms with Crippen LogP contribution >= 0.6 is 0 Å². The van der Waals surface area contributed by atoms with Gasteiger partial charge in [0.05, 0.1) is 5.69 Å². The van der Waals surface area contributed by atoms with Gasteiger partial charge in [0.1, 0.15) is 5.75 Å². The molecule has 0 unspecified atom stereocenters. The maximum atomic E-state index is 12.4. The van der Waals surface area contributed by atoms with Crippen LogP contribution in [0, 0.1) is 5.92 Å². The van der Waals surface area contributed by atoms with Gasteiger partial charge in [0.15, 0.2) is 6.61 Å². The van der Waals surface area contributed by atoms with E-state index < -0.39 is 0 Å². The first-order valence-electron chi connectivity index (χ1n) is 9.46. The average molecular weight is 360 g/mol. The molecule has 0 aromatic heterocycles. The van der Waals surface area contributed by atoms with Gasteiger partial charge in [0, 0.05) is 19.0 Å². The summed E-state index contributed by atoms with van der Waals surface area (Å²) in [5, 5.41) is 3.01. The molecule has 0 fully saturated rings. The maximum absolute atomic E-state index is 12.4. The second-order valence-corrected chi connectivity index (χ2v) is 8.47. The van der Waals surface area contributed by atoms with Gasteiger partial charge in [-0.3, -0.25) is 9.59 Å². The van der Waals surface area contributed by atoms with E-state index in [4.69, 9.17) is 4.74 Å². The van der Waals surface area contributed by atoms with Gasteiger partial charge in [0.2, 0.25) is 5.91 Å². The number of ether oxygens (including phenoxy) is 1. The van der Waals surface area contributed by atoms with Gasteiger partial charge in [0.25, 0.3) is 5.91 Å². The third kappa shape index (κ3) is 4.99. The van der Waals surface area contributed by atoms with Gasteiger partial charge in [-0.05, 0) is 42.4 Å². The van der Waals surface area contributed by atoms with E-state index in [1.165, 1.54) is 0 Å². The van der Waals surface area contributed by atoms with Crippen LogP contribution in [0.4, 0.5) is 5.69 Å². The third-order valence-corrected chi connectivity index (χ3v) is 4.94. The lowest BCUT2D eigenvalue weighted by molar-refractivity contribution is -0.123. The Labute approximate surface area is 157 Å². The van der Waals surface area contributed by atoms with Crippen molar-refractivity contribution < 1.29 is 14.3 Å². The lowest BCUT2D eigenvalue weighted by Crippen LogP contribution is -2.40. The van der Waals surface area contributed by atoms with Crippen molar-refractivity contribution in [1.82, 2.24) is 5.32 Å². The lowest BCUT2D eigenvalue weighted by Gasteiger charge is -2.31. The molecule has 0 radical (unpaired) electrons. The summed E-state index contributed by atoms with van der Waals surface area (Å²) in [6.07, 6.45) is 1.04. The molecule has 1 aromatic rings. The highest BCUT2D eigenvalue weighted by atomic mass is 16.5. The van der Waals surface area contributed by atoms with Crippen molar-refractivity contribution in [3.8, 4) is 5.75 Å². The number of carbonyl (C=O) groups excluding carboxylic acids is 2. The minimum absolute atomic E-state index is 0.00589. The van der Waals surface area contributed by atoms with Gasteiger partial charge < -0.3 is 15.0 Å². The van der Waals surface area contributed by atoms with Crippen molar-refractivity contribution in [2.24, 2.45) is 5.92 Å². The Balaban J connectivity index is 2.04. The molecule has 2 rings (SSSR count). The van der Waals surface area contributed by atoms with Crippen LogP contribution in [0.3, 0.4) is 0 Å². The summed E-state index contributed by atoms with van der Waals surface area (Å²) in [5.41, 5.74) is 1.96. The Morgan fingerprint density at radius 2 is 1.96 bits per heavy atom. The van der Waals surface area contributed by atoms with E-state index in [2.05, 4.69) is 39.9 Å². The van der Waals surface area contributed by atoms with E-state index in [0.717, 1.165) is 17.0 Å². The van der Waals surface area contributed by atoms with Crippen molar-refractivity contribution in [2.45, 2.75) is 65.8 Å². The van der Waals surface area contributed by atoms with Crippen LogP contribution in [0.5, 0.6) is 5.75 Å². The fourth-order valence-corrected chi connectivity index (χ4v) is 2.80. The Hall–Kier alpha value is -2.04. The minimum Gasteiger partial charge on any atom is -0.482 e. The van der Waals surface area contributed by atoms with Gasteiger partial charge in [-0.2, -0.15) is 0 Å². The zero-order chi connectivity index (χ0) is 19.5. The molecule has 144 valence electrons. The monoisotopic (exact) mass is 360 g/mol. The normalized spacial score (nSPS) is 15.5. The number of nitrogens with zero attached hydrogens (tertiary/aromatic N) is 1. The molecule has 1 heterocycles. The average Bonchev–Trinajstić information content (AvgIpc) is 2.55. The fraction of sp³-hybridized carbons (Fsp3) is 0.619. The number of hydrogen-bond acceptors (Lipinski definition) is 3. The number of rotatable bonds is 6. The van der Waals surface area contributed by atoms with Gasteiger partial charge in [-0.15, -0.1) is 0 Å². The molecule has 1 aliphatic rings. The molecule has 0 bridgehead atoms. The summed E-state index contributed by atoms with van der Waals surface area (Å²) < 4.78 is 5.57. The minimum atomic E-state index is -0.0560. The molecule has 1 N–H and O–H groups in total. The van der Waals surface area contributed by atoms with Crippen LogP contribution in [-0.4, -0.2) is 31.0 Å². The summed E-state index contributed by atoms with van der Waals surface area (Å²) in [4.78, 5) is 26.2. The van der Waals surface area contributed by atoms with Gasteiger partial charge >= 0.3 is 0 Å². The summed E-state index contributed by atoms with van der Waals surface area (Å²) in [5.74, 6) is 1.12. The maximum Gasteiger partial charge on any atom is 0.265 e. The number of carbonyl (C=O) groups is 2. The van der Waals surface area contributed by atoms with Crippen LogP contribution in [0.25, 0.3) is 0 Å². The first-order chi connectivity index (χ1) is 12.1. The first-order valence-corrected chi connectivity index (χ1v) is 9.46. The molecule has 0 saturated carbocycles. The Kier molecular flexibility index (Phi) is 6.32. The molecular formula is C21H32N2O3. The molecule has 0 aliphatic carbocycles. The molecular weight excluding hydrogens is 328 g/mol. The molecule has 5 heteroatoms. The fourth-order valence-electron chi connectivity index (χ4n) is 2.80. The van der Waals surface area contributed by atoms with Gasteiger partial charge in [-0.25, -0.2) is 0 Å². The van der Waals surface area contributed by atoms with Crippen molar-refractivity contribution in [3.63, 3.8) is 0 Å². The van der Waals surface area contributed by atoms with E-state index in [0.29, 0.717) is 25.3 Å². The van der Waals surface area contributed by atoms with Crippen molar-refractivity contribution >= 4 is 17.5 Å². The van der Waals surface area contributed by atoms with Crippen LogP contribution in [0.1, 0.15) is 59.9 Å². The Morgan fingerprint density at radius 1 is 1.27 bits per heavy atom. The number of fused-ring (bicyclic) bond motifs is 1. The number of hydrogen-bond donors (Lipinski definition) is 1. The van der Waals surface area contributed by atoms with Gasteiger partial charge in [-0.1, -0.05) is 40.7 Å². The highest BCUT2D eigenvalue weighted by molar-refractivity contribution is 5.98. The van der Waals surface area contributed by atoms with Crippen molar-refractivity contribution in [1.29, 1.82) is 0 Å². The van der Waals surface area contributed by atoms with E-state index in [1.807, 2.05) is 25.1 Å². The second-order valence-electron chi connectivity index (χ2n) is 8.47. The Bertz CT molecular complexity index is 662. The zero-order valence-electron chi connectivity index (χ0n) is 16.9. The van der Waals surface area contributed by atoms with Crippen molar-refractivity contribution in [3.05, 3.63) is 23.8 Å². The summed E-state index contributed by atoms with van der Waals surface area (Å²) >= 11 is 0. The molecule has 0 saturated heterocycles. The molecule has 1 aliphatic heterocycles. The largest absolute Gasteiger partial charge is 0.482 e. The lowest BCUT2D eigenvalue weighted by atomic mass is 9.86. The highest BCUT2D eigenvalue weighted by Gasteiger charge is 2.27. The molecule has 2 amide bonds. The summed E-state index contributed by atoms with van der Waals surface area (Å²) in [7, 11) is 0. The predicted octanol–water partition coefficient (Wildman–Crippen LogP) is 3.65. The van der Waals surface area contributed by atoms with E-state index in [1.54, 1.807) is 4.90 Å². The standard InChI is InChI=1S/C21H32N2O3/c1-14(2)15(3)22-19(24)8-7-11-23-17-12-16(21(4,5)6)9-10-18(17)26-13-20(23)25/h9-10,12,14-15H,7-8,11,13H2,1-6H3,(H,22,24)/t15-/m1/s1. The van der Waals surface area contributed by atoms with Crippen LogP contribution in [0.15, 0.2) is 18.2 Å². The zero-order valence-corrected chi connectivity index (χ0v) is 16.9. The van der Waals surface area contributed by atoms with E-state index in [-0.39, 0.29) is 29.9 Å². The first kappa shape index (κ1) is 20.3.